The van der Waals surface area contributed by atoms with E-state index in [1.165, 1.54) is 10.4 Å². The van der Waals surface area contributed by atoms with Gasteiger partial charge >= 0.3 is 0 Å². The number of rotatable bonds is 3. The highest BCUT2D eigenvalue weighted by Gasteiger charge is 2.31. The third-order valence-corrected chi connectivity index (χ3v) is 6.47. The van der Waals surface area contributed by atoms with Gasteiger partial charge in [-0.15, -0.1) is 11.3 Å². The summed E-state index contributed by atoms with van der Waals surface area (Å²) in [4.78, 5) is 31.3. The quantitative estimate of drug-likeness (QED) is 0.909. The van der Waals surface area contributed by atoms with E-state index in [-0.39, 0.29) is 17.9 Å². The van der Waals surface area contributed by atoms with Gasteiger partial charge in [0.25, 0.3) is 5.91 Å². The Labute approximate surface area is 148 Å². The van der Waals surface area contributed by atoms with E-state index in [4.69, 9.17) is 0 Å². The van der Waals surface area contributed by atoms with Crippen molar-refractivity contribution in [3.8, 4) is 0 Å². The molecule has 0 spiro atoms. The summed E-state index contributed by atoms with van der Waals surface area (Å²) in [5.41, 5.74) is 1.22. The van der Waals surface area contributed by atoms with Crippen LogP contribution in [0.1, 0.15) is 46.3 Å². The Bertz CT molecular complexity index is 605. The number of piperazine rings is 1. The second-order valence-electron chi connectivity index (χ2n) is 6.70. The summed E-state index contributed by atoms with van der Waals surface area (Å²) in [5.74, 6) is 0.307. The number of amides is 2. The fraction of sp³-hybridized carbons (Fsp3) is 0.667. The topological polar surface area (TPSA) is 52.7 Å². The number of carbonyl (C=O) groups is 2. The molecule has 132 valence electrons. The number of carbonyl (C=O) groups excluding carboxylic acids is 2. The van der Waals surface area contributed by atoms with Crippen LogP contribution in [0.2, 0.25) is 0 Å². The molecule has 5 nitrogen and oxygen atoms in total. The van der Waals surface area contributed by atoms with Gasteiger partial charge < -0.3 is 10.2 Å². The summed E-state index contributed by atoms with van der Waals surface area (Å²) in [5, 5.41) is 3.01. The van der Waals surface area contributed by atoms with Gasteiger partial charge in [-0.3, -0.25) is 14.5 Å². The van der Waals surface area contributed by atoms with Crippen molar-refractivity contribution in [2.75, 3.05) is 32.7 Å². The molecule has 2 aliphatic rings. The molecule has 0 aliphatic carbocycles. The Morgan fingerprint density at radius 2 is 2.04 bits per heavy atom. The molecule has 0 aromatic carbocycles. The van der Waals surface area contributed by atoms with Crippen LogP contribution in [0.3, 0.4) is 0 Å². The second-order valence-corrected chi connectivity index (χ2v) is 7.84. The Balaban J connectivity index is 1.59. The fourth-order valence-corrected chi connectivity index (χ4v) is 4.72. The molecule has 2 fully saturated rings. The van der Waals surface area contributed by atoms with E-state index in [0.717, 1.165) is 50.2 Å². The van der Waals surface area contributed by atoms with Crippen molar-refractivity contribution in [1.29, 1.82) is 0 Å². The predicted octanol–water partition coefficient (Wildman–Crippen LogP) is 2.05. The first-order valence-corrected chi connectivity index (χ1v) is 9.82. The largest absolute Gasteiger partial charge is 0.355 e. The normalized spacial score (nSPS) is 23.0. The van der Waals surface area contributed by atoms with Crippen LogP contribution in [0.15, 0.2) is 6.07 Å². The van der Waals surface area contributed by atoms with Crippen LogP contribution in [0.4, 0.5) is 0 Å². The Morgan fingerprint density at radius 3 is 2.71 bits per heavy atom. The minimum atomic E-state index is -0.0135. The van der Waals surface area contributed by atoms with Crippen molar-refractivity contribution in [3.05, 3.63) is 21.4 Å². The first kappa shape index (κ1) is 17.4. The zero-order chi connectivity index (χ0) is 17.1. The highest BCUT2D eigenvalue weighted by molar-refractivity contribution is 7.14. The maximum Gasteiger partial charge on any atom is 0.264 e. The molecule has 0 unspecified atom stereocenters. The Morgan fingerprint density at radius 1 is 1.29 bits per heavy atom. The number of nitrogens with zero attached hydrogens (tertiary/aromatic N) is 2. The molecular formula is C18H27N3O2S. The van der Waals surface area contributed by atoms with Crippen molar-refractivity contribution in [2.24, 2.45) is 0 Å². The molecule has 1 atom stereocenters. The second kappa shape index (κ2) is 7.66. The molecule has 2 saturated heterocycles. The predicted molar refractivity (Wildman–Crippen MR) is 96.6 cm³/mol. The van der Waals surface area contributed by atoms with E-state index in [1.54, 1.807) is 11.3 Å². The SMILES string of the molecule is CCc1sc(C(=O)N2CCN([C@@H]3CCCCNC3=O)CC2)cc1C. The first-order valence-electron chi connectivity index (χ1n) is 9.00. The summed E-state index contributed by atoms with van der Waals surface area (Å²) in [6, 6.07) is 2.01. The summed E-state index contributed by atoms with van der Waals surface area (Å²) < 4.78 is 0. The molecule has 1 aromatic heterocycles. The number of hydrogen-bond donors (Lipinski definition) is 1. The van der Waals surface area contributed by atoms with E-state index in [0.29, 0.717) is 13.1 Å². The standard InChI is InChI=1S/C18H27N3O2S/c1-3-15-13(2)12-16(24-15)18(23)21-10-8-20(9-11-21)14-6-4-5-7-19-17(14)22/h12,14H,3-11H2,1-2H3,(H,19,22)/t14-/m1/s1. The van der Waals surface area contributed by atoms with Crippen molar-refractivity contribution in [1.82, 2.24) is 15.1 Å². The van der Waals surface area contributed by atoms with Gasteiger partial charge in [-0.2, -0.15) is 0 Å². The van der Waals surface area contributed by atoms with Crippen LogP contribution in [-0.2, 0) is 11.2 Å². The van der Waals surface area contributed by atoms with Gasteiger partial charge in [0.2, 0.25) is 5.91 Å². The van der Waals surface area contributed by atoms with Crippen LogP contribution in [0.25, 0.3) is 0 Å². The maximum absolute atomic E-state index is 12.7. The lowest BCUT2D eigenvalue weighted by atomic mass is 10.1. The lowest BCUT2D eigenvalue weighted by Crippen LogP contribution is -2.55. The summed E-state index contributed by atoms with van der Waals surface area (Å²) >= 11 is 1.62. The van der Waals surface area contributed by atoms with Crippen LogP contribution >= 0.6 is 11.3 Å². The molecule has 3 rings (SSSR count). The molecule has 1 N–H and O–H groups in total. The Hall–Kier alpha value is -1.40. The van der Waals surface area contributed by atoms with Crippen LogP contribution in [-0.4, -0.2) is 60.4 Å². The lowest BCUT2D eigenvalue weighted by Gasteiger charge is -2.38. The molecule has 0 bridgehead atoms. The number of nitrogens with one attached hydrogen (secondary N) is 1. The van der Waals surface area contributed by atoms with Gasteiger partial charge in [0.05, 0.1) is 10.9 Å². The molecule has 2 amide bonds. The van der Waals surface area contributed by atoms with Crippen molar-refractivity contribution >= 4 is 23.2 Å². The highest BCUT2D eigenvalue weighted by atomic mass is 32.1. The number of aryl methyl sites for hydroxylation is 2. The molecule has 3 heterocycles. The third-order valence-electron chi connectivity index (χ3n) is 5.10. The average molecular weight is 350 g/mol. The van der Waals surface area contributed by atoms with Crippen LogP contribution < -0.4 is 5.32 Å². The van der Waals surface area contributed by atoms with Gasteiger partial charge in [-0.1, -0.05) is 6.92 Å². The van der Waals surface area contributed by atoms with Gasteiger partial charge in [-0.25, -0.2) is 0 Å². The number of hydrogen-bond acceptors (Lipinski definition) is 4. The van der Waals surface area contributed by atoms with Gasteiger partial charge in [-0.05, 0) is 44.2 Å². The van der Waals surface area contributed by atoms with E-state index >= 15 is 0 Å². The minimum Gasteiger partial charge on any atom is -0.355 e. The van der Waals surface area contributed by atoms with E-state index < -0.39 is 0 Å². The van der Waals surface area contributed by atoms with E-state index in [2.05, 4.69) is 24.1 Å². The molecule has 6 heteroatoms. The zero-order valence-corrected chi connectivity index (χ0v) is 15.5. The molecule has 0 saturated carbocycles. The van der Waals surface area contributed by atoms with E-state index in [9.17, 15) is 9.59 Å². The first-order chi connectivity index (χ1) is 11.6. The van der Waals surface area contributed by atoms with Crippen LogP contribution in [0, 0.1) is 6.92 Å². The maximum atomic E-state index is 12.7. The zero-order valence-electron chi connectivity index (χ0n) is 14.6. The molecule has 0 radical (unpaired) electrons. The van der Waals surface area contributed by atoms with Crippen molar-refractivity contribution < 1.29 is 9.59 Å². The average Bonchev–Trinajstić information content (AvgIpc) is 2.84. The summed E-state index contributed by atoms with van der Waals surface area (Å²) in [6.45, 7) is 8.00. The molecule has 1 aromatic rings. The summed E-state index contributed by atoms with van der Waals surface area (Å²) in [6.07, 6.45) is 4.08. The van der Waals surface area contributed by atoms with Gasteiger partial charge in [0.15, 0.2) is 0 Å². The van der Waals surface area contributed by atoms with Crippen LogP contribution in [0.5, 0.6) is 0 Å². The monoisotopic (exact) mass is 349 g/mol. The number of thiophene rings is 1. The molecular weight excluding hydrogens is 322 g/mol. The van der Waals surface area contributed by atoms with E-state index in [1.807, 2.05) is 11.0 Å². The smallest absolute Gasteiger partial charge is 0.264 e. The van der Waals surface area contributed by atoms with Crippen molar-refractivity contribution in [3.63, 3.8) is 0 Å². The molecule has 2 aliphatic heterocycles. The fourth-order valence-electron chi connectivity index (χ4n) is 3.64. The van der Waals surface area contributed by atoms with Gasteiger partial charge in [0.1, 0.15) is 0 Å². The highest BCUT2D eigenvalue weighted by Crippen LogP contribution is 2.24. The Kier molecular flexibility index (Phi) is 5.56. The minimum absolute atomic E-state index is 0.0135. The lowest BCUT2D eigenvalue weighted by molar-refractivity contribution is -0.126. The third kappa shape index (κ3) is 3.64. The molecule has 24 heavy (non-hydrogen) atoms. The summed E-state index contributed by atoms with van der Waals surface area (Å²) in [7, 11) is 0. The van der Waals surface area contributed by atoms with Crippen molar-refractivity contribution in [2.45, 2.75) is 45.6 Å². The van der Waals surface area contributed by atoms with Gasteiger partial charge in [0, 0.05) is 37.6 Å².